The van der Waals surface area contributed by atoms with E-state index in [9.17, 15) is 9.18 Å². The van der Waals surface area contributed by atoms with E-state index in [0.29, 0.717) is 0 Å². The minimum Gasteiger partial charge on any atom is -0.512 e. The van der Waals surface area contributed by atoms with Crippen LogP contribution in [0, 0.1) is 25.7 Å². The Kier molecular flexibility index (Phi) is 9.21. The van der Waals surface area contributed by atoms with Crippen molar-refractivity contribution in [3.05, 3.63) is 102 Å². The van der Waals surface area contributed by atoms with Crippen LogP contribution in [-0.4, -0.2) is 15.9 Å². The largest absolute Gasteiger partial charge is 0.512 e. The quantitative estimate of drug-likeness (QED) is 0.151. The molecule has 1 aromatic heterocycles. The molecule has 0 unspecified atom stereocenters. The van der Waals surface area contributed by atoms with Gasteiger partial charge in [0.15, 0.2) is 5.78 Å². The first-order chi connectivity index (χ1) is 15.2. The summed E-state index contributed by atoms with van der Waals surface area (Å²) in [5.41, 5.74) is 7.16. The van der Waals surface area contributed by atoms with E-state index in [2.05, 4.69) is 38.1 Å². The van der Waals surface area contributed by atoms with Crippen molar-refractivity contribution in [1.29, 1.82) is 0 Å². The van der Waals surface area contributed by atoms with Gasteiger partial charge in [-0.15, -0.1) is 34.9 Å². The van der Waals surface area contributed by atoms with Crippen LogP contribution in [0.3, 0.4) is 0 Å². The van der Waals surface area contributed by atoms with Crippen molar-refractivity contribution < 1.29 is 34.4 Å². The number of carbonyl (C=O) groups is 1. The number of benzene rings is 3. The smallest absolute Gasteiger partial charge is 0.155 e. The Labute approximate surface area is 207 Å². The molecular weight excluding hydrogens is 594 g/mol. The Morgan fingerprint density at radius 3 is 2.27 bits per heavy atom. The maximum absolute atomic E-state index is 13.3. The van der Waals surface area contributed by atoms with E-state index in [0.717, 1.165) is 38.9 Å². The van der Waals surface area contributed by atoms with Crippen LogP contribution in [0.1, 0.15) is 25.0 Å². The fraction of sp³-hybridized carbons (Fsp3) is 0.143. The molecule has 4 aromatic rings. The number of nitrogens with zero attached hydrogens (tertiary/aromatic N) is 1. The average Bonchev–Trinajstić information content (AvgIpc) is 2.73. The van der Waals surface area contributed by atoms with Gasteiger partial charge in [-0.1, -0.05) is 50.2 Å². The summed E-state index contributed by atoms with van der Waals surface area (Å²) >= 11 is 0. The normalized spacial score (nSPS) is 10.8. The third-order valence-electron chi connectivity index (χ3n) is 4.82. The molecule has 0 atom stereocenters. The van der Waals surface area contributed by atoms with E-state index in [1.54, 1.807) is 0 Å². The molecule has 33 heavy (non-hydrogen) atoms. The fourth-order valence-corrected chi connectivity index (χ4v) is 3.50. The first-order valence-corrected chi connectivity index (χ1v) is 10.3. The third kappa shape index (κ3) is 6.92. The summed E-state index contributed by atoms with van der Waals surface area (Å²) in [6, 6.07) is 24.2. The number of hydrogen-bond acceptors (Lipinski definition) is 3. The number of allylic oxidation sites excluding steroid dienone is 2. The van der Waals surface area contributed by atoms with E-state index in [1.807, 2.05) is 36.4 Å². The topological polar surface area (TPSA) is 50.2 Å². The van der Waals surface area contributed by atoms with Crippen LogP contribution in [0.25, 0.3) is 33.3 Å². The van der Waals surface area contributed by atoms with Gasteiger partial charge in [0.05, 0.1) is 11.3 Å². The molecule has 0 amide bonds. The van der Waals surface area contributed by atoms with Gasteiger partial charge in [-0.05, 0) is 48.9 Å². The van der Waals surface area contributed by atoms with Gasteiger partial charge in [0.25, 0.3) is 0 Å². The molecule has 1 radical (unpaired) electrons. The van der Waals surface area contributed by atoms with Crippen LogP contribution in [0.4, 0.5) is 4.39 Å². The first-order valence-electron chi connectivity index (χ1n) is 10.3. The number of aliphatic hydroxyl groups is 1. The van der Waals surface area contributed by atoms with E-state index in [-0.39, 0.29) is 37.5 Å². The van der Waals surface area contributed by atoms with Gasteiger partial charge in [-0.3, -0.25) is 9.78 Å². The Morgan fingerprint density at radius 1 is 1.03 bits per heavy atom. The summed E-state index contributed by atoms with van der Waals surface area (Å²) in [5.74, 6) is -0.294. The Bertz CT molecular complexity index is 1290. The van der Waals surface area contributed by atoms with E-state index in [1.165, 1.54) is 37.6 Å². The number of carbonyl (C=O) groups excluding carboxylic acids is 1. The van der Waals surface area contributed by atoms with Crippen LogP contribution in [-0.2, 0) is 24.9 Å². The number of aliphatic hydroxyl groups excluding tert-OH is 1. The predicted molar refractivity (Wildman–Crippen MR) is 128 cm³/mol. The minimum atomic E-state index is -0.231. The molecule has 0 bridgehead atoms. The second-order valence-corrected chi connectivity index (χ2v) is 7.71. The molecule has 171 valence electrons. The molecule has 1 N–H and O–H groups in total. The molecule has 1 heterocycles. The van der Waals surface area contributed by atoms with Gasteiger partial charge in [0.1, 0.15) is 5.82 Å². The molecule has 0 fully saturated rings. The number of rotatable bonds is 3. The van der Waals surface area contributed by atoms with Crippen molar-refractivity contribution in [3.63, 3.8) is 0 Å². The second kappa shape index (κ2) is 11.6. The van der Waals surface area contributed by atoms with Gasteiger partial charge in [-0.2, -0.15) is 0 Å². The van der Waals surface area contributed by atoms with Gasteiger partial charge in [-0.25, -0.2) is 4.39 Å². The Morgan fingerprint density at radius 2 is 1.70 bits per heavy atom. The first kappa shape index (κ1) is 26.1. The van der Waals surface area contributed by atoms with Gasteiger partial charge < -0.3 is 5.11 Å². The summed E-state index contributed by atoms with van der Waals surface area (Å²) < 4.78 is 13.3. The predicted octanol–water partition coefficient (Wildman–Crippen LogP) is 7.16. The van der Waals surface area contributed by atoms with Gasteiger partial charge in [0.2, 0.25) is 0 Å². The molecule has 4 rings (SSSR count). The summed E-state index contributed by atoms with van der Waals surface area (Å²) in [6.07, 6.45) is 1.17. The van der Waals surface area contributed by atoms with Crippen LogP contribution in [0.2, 0.25) is 0 Å². The molecule has 0 aliphatic carbocycles. The van der Waals surface area contributed by atoms with Crippen molar-refractivity contribution in [2.45, 2.75) is 27.7 Å². The zero-order valence-electron chi connectivity index (χ0n) is 18.9. The SMILES string of the molecule is CC(=O)/C=C(/C)O.Cc1c[c-]c(-c2cc(-c3ccc(F)cc3)c3ccccc3n2)c(C)c1.[Ir]. The van der Waals surface area contributed by atoms with Crippen LogP contribution in [0.15, 0.2) is 78.6 Å². The fourth-order valence-electron chi connectivity index (χ4n) is 3.50. The summed E-state index contributed by atoms with van der Waals surface area (Å²) in [7, 11) is 0. The molecule has 0 aliphatic heterocycles. The number of pyridine rings is 1. The van der Waals surface area contributed by atoms with Crippen molar-refractivity contribution in [2.75, 3.05) is 0 Å². The number of aromatic nitrogens is 1. The van der Waals surface area contributed by atoms with E-state index >= 15 is 0 Å². The molecule has 0 saturated heterocycles. The summed E-state index contributed by atoms with van der Waals surface area (Å²) in [4.78, 5) is 14.9. The number of para-hydroxylation sites is 1. The number of fused-ring (bicyclic) bond motifs is 1. The molecule has 0 aliphatic rings. The third-order valence-corrected chi connectivity index (χ3v) is 4.82. The molecular formula is C28H25FIrNO2-. The molecule has 3 nitrogen and oxygen atoms in total. The Hall–Kier alpha value is -3.14. The van der Waals surface area contributed by atoms with Crippen molar-refractivity contribution in [1.82, 2.24) is 4.98 Å². The standard InChI is InChI=1S/C23H17FN.C5H8O2.Ir/c1-15-7-12-19(16(2)13-15)23-14-21(17-8-10-18(24)11-9-17)20-5-3-4-6-22(20)25-23;1-4(6)3-5(2)7;/h3-11,13-14H,1-2H3;3,6H,1-2H3;/q-1;;/b;4-3-;. The van der Waals surface area contributed by atoms with E-state index < -0.39 is 0 Å². The van der Waals surface area contributed by atoms with Crippen LogP contribution >= 0.6 is 0 Å². The molecule has 0 spiro atoms. The van der Waals surface area contributed by atoms with Gasteiger partial charge in [0, 0.05) is 31.6 Å². The van der Waals surface area contributed by atoms with Crippen molar-refractivity contribution >= 4 is 16.7 Å². The monoisotopic (exact) mass is 619 g/mol. The van der Waals surface area contributed by atoms with Crippen LogP contribution < -0.4 is 0 Å². The van der Waals surface area contributed by atoms with Crippen molar-refractivity contribution in [3.8, 4) is 22.4 Å². The van der Waals surface area contributed by atoms with Gasteiger partial charge >= 0.3 is 0 Å². The summed E-state index contributed by atoms with van der Waals surface area (Å²) in [6.45, 7) is 6.99. The van der Waals surface area contributed by atoms with E-state index in [4.69, 9.17) is 10.1 Å². The average molecular weight is 619 g/mol. The number of hydrogen-bond donors (Lipinski definition) is 1. The summed E-state index contributed by atoms with van der Waals surface area (Å²) in [5, 5.41) is 9.42. The number of ketones is 1. The van der Waals surface area contributed by atoms with Crippen molar-refractivity contribution in [2.24, 2.45) is 0 Å². The van der Waals surface area contributed by atoms with Crippen LogP contribution in [0.5, 0.6) is 0 Å². The molecule has 3 aromatic carbocycles. The molecule has 0 saturated carbocycles. The zero-order chi connectivity index (χ0) is 23.3. The number of halogens is 1. The zero-order valence-corrected chi connectivity index (χ0v) is 21.3. The second-order valence-electron chi connectivity index (χ2n) is 7.71. The maximum Gasteiger partial charge on any atom is 0.155 e. The minimum absolute atomic E-state index is 0. The Balaban J connectivity index is 0.000000423. The maximum atomic E-state index is 13.3. The molecule has 5 heteroatoms. The number of aryl methyl sites for hydroxylation is 2.